The van der Waals surface area contributed by atoms with Crippen molar-refractivity contribution >= 4 is 6.29 Å². The van der Waals surface area contributed by atoms with Crippen LogP contribution in [0.2, 0.25) is 0 Å². The Kier molecular flexibility index (Phi) is 5.11. The third-order valence-corrected chi connectivity index (χ3v) is 2.69. The first-order valence-corrected chi connectivity index (χ1v) is 6.16. The lowest BCUT2D eigenvalue weighted by atomic mass is 10.2. The van der Waals surface area contributed by atoms with Crippen molar-refractivity contribution in [3.8, 4) is 5.75 Å². The van der Waals surface area contributed by atoms with Crippen molar-refractivity contribution in [3.63, 3.8) is 0 Å². The fourth-order valence-corrected chi connectivity index (χ4v) is 1.79. The highest BCUT2D eigenvalue weighted by molar-refractivity contribution is 5.75. The van der Waals surface area contributed by atoms with Crippen molar-refractivity contribution in [1.82, 2.24) is 4.98 Å². The van der Waals surface area contributed by atoms with E-state index in [0.717, 1.165) is 25.9 Å². The predicted molar refractivity (Wildman–Crippen MR) is 64.7 cm³/mol. The summed E-state index contributed by atoms with van der Waals surface area (Å²) in [5, 5.41) is 0. The van der Waals surface area contributed by atoms with E-state index >= 15 is 0 Å². The highest BCUT2D eigenvalue weighted by Crippen LogP contribution is 2.15. The van der Waals surface area contributed by atoms with Gasteiger partial charge in [0.05, 0.1) is 6.61 Å². The van der Waals surface area contributed by atoms with Crippen LogP contribution in [0.5, 0.6) is 5.75 Å². The molecule has 2 rings (SSSR count). The molecule has 2 heterocycles. The van der Waals surface area contributed by atoms with E-state index in [2.05, 4.69) is 4.98 Å². The lowest BCUT2D eigenvalue weighted by molar-refractivity contribution is -0.165. The number of aldehydes is 1. The van der Waals surface area contributed by atoms with E-state index in [1.807, 2.05) is 0 Å². The zero-order chi connectivity index (χ0) is 12.6. The van der Waals surface area contributed by atoms with Gasteiger partial charge in [0.15, 0.2) is 12.6 Å². The van der Waals surface area contributed by atoms with Gasteiger partial charge in [0.2, 0.25) is 0 Å². The molecule has 0 saturated carbocycles. The van der Waals surface area contributed by atoms with E-state index in [1.165, 1.54) is 0 Å². The fraction of sp³-hybridized carbons (Fsp3) is 0.538. The minimum absolute atomic E-state index is 0.109. The van der Waals surface area contributed by atoms with E-state index < -0.39 is 0 Å². The molecule has 98 valence electrons. The van der Waals surface area contributed by atoms with Gasteiger partial charge in [0.25, 0.3) is 0 Å². The molecule has 1 aromatic rings. The smallest absolute Gasteiger partial charge is 0.172 e. The van der Waals surface area contributed by atoms with Crippen molar-refractivity contribution in [2.45, 2.75) is 25.6 Å². The summed E-state index contributed by atoms with van der Waals surface area (Å²) < 4.78 is 16.4. The number of rotatable bonds is 6. The normalized spacial score (nSPS) is 19.4. The standard InChI is InChI=1S/C13H17NO4/c15-10-11-12(4-3-6-14-11)16-8-9-18-13-5-1-2-7-17-13/h3-4,6,10,13H,1-2,5,7-9H2. The van der Waals surface area contributed by atoms with Crippen molar-refractivity contribution in [2.75, 3.05) is 19.8 Å². The van der Waals surface area contributed by atoms with Crippen LogP contribution in [0.25, 0.3) is 0 Å². The quantitative estimate of drug-likeness (QED) is 0.570. The minimum atomic E-state index is -0.109. The molecule has 0 N–H and O–H groups in total. The average molecular weight is 251 g/mol. The molecular formula is C13H17NO4. The number of carbonyl (C=O) groups excluding carboxylic acids is 1. The number of hydrogen-bond donors (Lipinski definition) is 0. The Morgan fingerprint density at radius 1 is 1.44 bits per heavy atom. The van der Waals surface area contributed by atoms with Crippen LogP contribution in [0.4, 0.5) is 0 Å². The van der Waals surface area contributed by atoms with Gasteiger partial charge in [-0.25, -0.2) is 4.98 Å². The topological polar surface area (TPSA) is 57.7 Å². The third-order valence-electron chi connectivity index (χ3n) is 2.69. The zero-order valence-corrected chi connectivity index (χ0v) is 10.2. The predicted octanol–water partition coefficient (Wildman–Crippen LogP) is 1.82. The lowest BCUT2D eigenvalue weighted by Crippen LogP contribution is -2.24. The van der Waals surface area contributed by atoms with Crippen molar-refractivity contribution < 1.29 is 19.0 Å². The molecule has 1 saturated heterocycles. The maximum Gasteiger partial charge on any atom is 0.172 e. The second kappa shape index (κ2) is 7.08. The van der Waals surface area contributed by atoms with E-state index in [9.17, 15) is 4.79 Å². The van der Waals surface area contributed by atoms with Crippen molar-refractivity contribution in [1.29, 1.82) is 0 Å². The third kappa shape index (κ3) is 3.78. The van der Waals surface area contributed by atoms with Crippen LogP contribution in [0.3, 0.4) is 0 Å². The number of hydrogen-bond acceptors (Lipinski definition) is 5. The summed E-state index contributed by atoms with van der Waals surface area (Å²) in [6.07, 6.45) is 5.32. The van der Waals surface area contributed by atoms with Crippen LogP contribution in [-0.4, -0.2) is 37.4 Å². The van der Waals surface area contributed by atoms with Gasteiger partial charge in [-0.15, -0.1) is 0 Å². The van der Waals surface area contributed by atoms with Crippen LogP contribution < -0.4 is 4.74 Å². The Balaban J connectivity index is 1.69. The highest BCUT2D eigenvalue weighted by atomic mass is 16.7. The van der Waals surface area contributed by atoms with Crippen LogP contribution in [0, 0.1) is 0 Å². The van der Waals surface area contributed by atoms with Crippen LogP contribution >= 0.6 is 0 Å². The molecule has 1 unspecified atom stereocenters. The van der Waals surface area contributed by atoms with Crippen LogP contribution in [0.15, 0.2) is 18.3 Å². The first-order chi connectivity index (χ1) is 8.90. The molecule has 18 heavy (non-hydrogen) atoms. The SMILES string of the molecule is O=Cc1ncccc1OCCOC1CCCCO1. The first-order valence-electron chi connectivity index (χ1n) is 6.16. The molecule has 5 heteroatoms. The van der Waals surface area contributed by atoms with Gasteiger partial charge in [0.1, 0.15) is 18.1 Å². The molecule has 0 spiro atoms. The summed E-state index contributed by atoms with van der Waals surface area (Å²) in [7, 11) is 0. The molecule has 0 radical (unpaired) electrons. The summed E-state index contributed by atoms with van der Waals surface area (Å²) in [6, 6.07) is 3.45. The monoisotopic (exact) mass is 251 g/mol. The Labute approximate surface area is 106 Å². The molecule has 0 aromatic carbocycles. The van der Waals surface area contributed by atoms with Gasteiger partial charge in [-0.2, -0.15) is 0 Å². The fourth-order valence-electron chi connectivity index (χ4n) is 1.79. The number of pyridine rings is 1. The molecule has 1 aromatic heterocycles. The van der Waals surface area contributed by atoms with Crippen molar-refractivity contribution in [2.24, 2.45) is 0 Å². The van der Waals surface area contributed by atoms with Crippen molar-refractivity contribution in [3.05, 3.63) is 24.0 Å². The molecule has 0 amide bonds. The number of carbonyl (C=O) groups is 1. The summed E-state index contributed by atoms with van der Waals surface area (Å²) in [4.78, 5) is 14.6. The minimum Gasteiger partial charge on any atom is -0.489 e. The highest BCUT2D eigenvalue weighted by Gasteiger charge is 2.13. The molecule has 1 fully saturated rings. The maximum atomic E-state index is 10.7. The molecule has 0 aliphatic carbocycles. The second-order valence-electron chi connectivity index (χ2n) is 4.02. The zero-order valence-electron chi connectivity index (χ0n) is 10.2. The van der Waals surface area contributed by atoms with Gasteiger partial charge < -0.3 is 14.2 Å². The lowest BCUT2D eigenvalue weighted by Gasteiger charge is -2.22. The summed E-state index contributed by atoms with van der Waals surface area (Å²) in [6.45, 7) is 1.59. The maximum absolute atomic E-state index is 10.7. The summed E-state index contributed by atoms with van der Waals surface area (Å²) in [5.74, 6) is 0.487. The summed E-state index contributed by atoms with van der Waals surface area (Å²) >= 11 is 0. The number of aromatic nitrogens is 1. The Morgan fingerprint density at radius 3 is 3.17 bits per heavy atom. The molecule has 1 aliphatic rings. The molecular weight excluding hydrogens is 234 g/mol. The first kappa shape index (κ1) is 13.0. The Bertz CT molecular complexity index is 377. The van der Waals surface area contributed by atoms with Crippen LogP contribution in [0.1, 0.15) is 29.8 Å². The molecule has 1 atom stereocenters. The Hall–Kier alpha value is -1.46. The van der Waals surface area contributed by atoms with Crippen LogP contribution in [-0.2, 0) is 9.47 Å². The molecule has 1 aliphatic heterocycles. The Morgan fingerprint density at radius 2 is 2.39 bits per heavy atom. The van der Waals surface area contributed by atoms with Gasteiger partial charge in [-0.05, 0) is 31.4 Å². The number of nitrogens with zero attached hydrogens (tertiary/aromatic N) is 1. The largest absolute Gasteiger partial charge is 0.489 e. The van der Waals surface area contributed by atoms with E-state index in [0.29, 0.717) is 30.9 Å². The van der Waals surface area contributed by atoms with Gasteiger partial charge in [-0.1, -0.05) is 0 Å². The molecule has 5 nitrogen and oxygen atoms in total. The van der Waals surface area contributed by atoms with E-state index in [-0.39, 0.29) is 6.29 Å². The van der Waals surface area contributed by atoms with Gasteiger partial charge >= 0.3 is 0 Å². The second-order valence-corrected chi connectivity index (χ2v) is 4.02. The van der Waals surface area contributed by atoms with E-state index in [4.69, 9.17) is 14.2 Å². The molecule has 0 bridgehead atoms. The van der Waals surface area contributed by atoms with E-state index in [1.54, 1.807) is 18.3 Å². The average Bonchev–Trinajstić information content (AvgIpc) is 2.45. The number of ether oxygens (including phenoxy) is 3. The van der Waals surface area contributed by atoms with Gasteiger partial charge in [-0.3, -0.25) is 4.79 Å². The van der Waals surface area contributed by atoms with Gasteiger partial charge in [0, 0.05) is 12.8 Å². The summed E-state index contributed by atoms with van der Waals surface area (Å²) in [5.41, 5.74) is 0.311.